The molecule has 3 aliphatic rings. The van der Waals surface area contributed by atoms with E-state index in [1.54, 1.807) is 4.90 Å². The van der Waals surface area contributed by atoms with Gasteiger partial charge in [-0.3, -0.25) is 14.5 Å². The van der Waals surface area contributed by atoms with E-state index in [2.05, 4.69) is 10.1 Å². The summed E-state index contributed by atoms with van der Waals surface area (Å²) in [6.45, 7) is 4.09. The van der Waals surface area contributed by atoms with E-state index < -0.39 is 11.8 Å². The van der Waals surface area contributed by atoms with Gasteiger partial charge in [-0.25, -0.2) is 4.79 Å². The van der Waals surface area contributed by atoms with Gasteiger partial charge in [0.2, 0.25) is 5.89 Å². The highest BCUT2D eigenvalue weighted by molar-refractivity contribution is 6.38. The van der Waals surface area contributed by atoms with Crippen molar-refractivity contribution in [1.82, 2.24) is 24.8 Å². The lowest BCUT2D eigenvalue weighted by Gasteiger charge is -2.38. The Hall–Kier alpha value is -2.45. The van der Waals surface area contributed by atoms with Crippen molar-refractivity contribution in [3.63, 3.8) is 0 Å². The average Bonchev–Trinajstić information content (AvgIpc) is 3.43. The molecule has 0 spiro atoms. The lowest BCUT2D eigenvalue weighted by molar-refractivity contribution is -0.154. The highest BCUT2D eigenvalue weighted by atomic mass is 16.5. The van der Waals surface area contributed by atoms with Gasteiger partial charge in [0.1, 0.15) is 0 Å². The van der Waals surface area contributed by atoms with E-state index in [0.29, 0.717) is 44.4 Å². The Balaban J connectivity index is 1.36. The quantitative estimate of drug-likeness (QED) is 0.728. The second-order valence-electron chi connectivity index (χ2n) is 7.60. The highest BCUT2D eigenvalue weighted by Crippen LogP contribution is 2.38. The van der Waals surface area contributed by atoms with Crippen molar-refractivity contribution in [2.24, 2.45) is 5.92 Å². The van der Waals surface area contributed by atoms with Crippen molar-refractivity contribution in [3.05, 3.63) is 11.7 Å². The van der Waals surface area contributed by atoms with E-state index >= 15 is 0 Å². The van der Waals surface area contributed by atoms with Gasteiger partial charge in [-0.1, -0.05) is 5.16 Å². The minimum Gasteiger partial charge on any atom is -0.339 e. The lowest BCUT2D eigenvalue weighted by atomic mass is 9.95. The Morgan fingerprint density at radius 2 is 1.96 bits per heavy atom. The van der Waals surface area contributed by atoms with Crippen molar-refractivity contribution in [3.8, 4) is 0 Å². The Morgan fingerprint density at radius 3 is 2.70 bits per heavy atom. The average molecular weight is 375 g/mol. The zero-order valence-corrected chi connectivity index (χ0v) is 15.6. The normalized spacial score (nSPS) is 23.9. The number of carbonyl (C=O) groups excluding carboxylic acids is 3. The van der Waals surface area contributed by atoms with Crippen molar-refractivity contribution in [2.45, 2.75) is 44.9 Å². The minimum absolute atomic E-state index is 0.220. The number of imide groups is 1. The summed E-state index contributed by atoms with van der Waals surface area (Å²) in [4.78, 5) is 45.9. The van der Waals surface area contributed by atoms with Crippen LogP contribution in [0.25, 0.3) is 0 Å². The Morgan fingerprint density at radius 1 is 1.15 bits per heavy atom. The third-order valence-electron chi connectivity index (χ3n) is 5.60. The van der Waals surface area contributed by atoms with Gasteiger partial charge in [-0.15, -0.1) is 0 Å². The number of amides is 4. The SMILES string of the molecule is CCN1CCN(C(=O)N2CCC[C@@H](Cc3nc(C4CC4)no3)C2)C(=O)C1=O. The summed E-state index contributed by atoms with van der Waals surface area (Å²) < 4.78 is 5.36. The van der Waals surface area contributed by atoms with Gasteiger partial charge in [0.15, 0.2) is 5.82 Å². The van der Waals surface area contributed by atoms with Crippen LogP contribution in [0.1, 0.15) is 50.2 Å². The molecule has 1 saturated carbocycles. The van der Waals surface area contributed by atoms with Gasteiger partial charge in [-0.2, -0.15) is 4.98 Å². The maximum atomic E-state index is 12.8. The van der Waals surface area contributed by atoms with E-state index in [0.717, 1.165) is 36.4 Å². The molecule has 9 heteroatoms. The molecule has 1 aromatic rings. The first kappa shape index (κ1) is 17.9. The third-order valence-corrected chi connectivity index (χ3v) is 5.60. The van der Waals surface area contributed by atoms with Gasteiger partial charge in [0.25, 0.3) is 0 Å². The Labute approximate surface area is 157 Å². The highest BCUT2D eigenvalue weighted by Gasteiger charge is 2.38. The molecular weight excluding hydrogens is 350 g/mol. The fourth-order valence-corrected chi connectivity index (χ4v) is 3.84. The maximum Gasteiger partial charge on any atom is 0.327 e. The number of rotatable bonds is 4. The largest absolute Gasteiger partial charge is 0.339 e. The van der Waals surface area contributed by atoms with Gasteiger partial charge in [-0.05, 0) is 38.5 Å². The number of urea groups is 1. The molecule has 0 aromatic carbocycles. The van der Waals surface area contributed by atoms with E-state index in [4.69, 9.17) is 4.52 Å². The number of hydrogen-bond donors (Lipinski definition) is 0. The van der Waals surface area contributed by atoms with Crippen LogP contribution in [-0.4, -0.2) is 75.4 Å². The summed E-state index contributed by atoms with van der Waals surface area (Å²) in [5.41, 5.74) is 0. The summed E-state index contributed by atoms with van der Waals surface area (Å²) in [7, 11) is 0. The maximum absolute atomic E-state index is 12.8. The van der Waals surface area contributed by atoms with Gasteiger partial charge in [0, 0.05) is 45.1 Å². The predicted octanol–water partition coefficient (Wildman–Crippen LogP) is 1.01. The molecule has 3 fully saturated rings. The summed E-state index contributed by atoms with van der Waals surface area (Å²) >= 11 is 0. The summed E-state index contributed by atoms with van der Waals surface area (Å²) in [5.74, 6) is 0.784. The topological polar surface area (TPSA) is 99.8 Å². The van der Waals surface area contributed by atoms with Crippen molar-refractivity contribution in [1.29, 1.82) is 0 Å². The van der Waals surface area contributed by atoms with Crippen LogP contribution in [0, 0.1) is 5.92 Å². The van der Waals surface area contributed by atoms with Crippen molar-refractivity contribution >= 4 is 17.8 Å². The standard InChI is InChI=1S/C18H25N5O4/c1-2-21-8-9-23(17(25)16(21)24)18(26)22-7-3-4-12(11-22)10-14-19-15(20-27-14)13-5-6-13/h12-13H,2-11H2,1H3/t12-/m0/s1. The number of hydrogen-bond acceptors (Lipinski definition) is 6. The summed E-state index contributed by atoms with van der Waals surface area (Å²) in [6.07, 6.45) is 4.73. The zero-order chi connectivity index (χ0) is 19.0. The van der Waals surface area contributed by atoms with E-state index in [1.807, 2.05) is 6.92 Å². The van der Waals surface area contributed by atoms with Crippen LogP contribution in [0.4, 0.5) is 4.79 Å². The van der Waals surface area contributed by atoms with E-state index in [-0.39, 0.29) is 18.5 Å². The van der Waals surface area contributed by atoms with Crippen LogP contribution in [0.5, 0.6) is 0 Å². The molecule has 0 N–H and O–H groups in total. The molecule has 1 aliphatic carbocycles. The number of likely N-dealkylation sites (N-methyl/N-ethyl adjacent to an activating group) is 1. The first-order valence-electron chi connectivity index (χ1n) is 9.79. The van der Waals surface area contributed by atoms with Gasteiger partial charge >= 0.3 is 17.8 Å². The molecular formula is C18H25N5O4. The first-order chi connectivity index (χ1) is 13.1. The van der Waals surface area contributed by atoms with Crippen LogP contribution in [0.15, 0.2) is 4.52 Å². The second-order valence-corrected chi connectivity index (χ2v) is 7.60. The fourth-order valence-electron chi connectivity index (χ4n) is 3.84. The van der Waals surface area contributed by atoms with Gasteiger partial charge in [0.05, 0.1) is 0 Å². The fraction of sp³-hybridized carbons (Fsp3) is 0.722. The van der Waals surface area contributed by atoms with Crippen LogP contribution >= 0.6 is 0 Å². The molecule has 0 bridgehead atoms. The first-order valence-corrected chi connectivity index (χ1v) is 9.79. The molecule has 9 nitrogen and oxygen atoms in total. The van der Waals surface area contributed by atoms with Crippen molar-refractivity contribution < 1.29 is 18.9 Å². The van der Waals surface area contributed by atoms with Crippen LogP contribution in [-0.2, 0) is 16.0 Å². The molecule has 1 aromatic heterocycles. The Bertz CT molecular complexity index is 744. The number of likely N-dealkylation sites (tertiary alicyclic amines) is 1. The molecule has 3 heterocycles. The predicted molar refractivity (Wildman–Crippen MR) is 93.6 cm³/mol. The molecule has 146 valence electrons. The van der Waals surface area contributed by atoms with E-state index in [1.165, 1.54) is 4.90 Å². The second kappa shape index (κ2) is 7.28. The molecule has 2 saturated heterocycles. The molecule has 0 unspecified atom stereocenters. The number of nitrogens with zero attached hydrogens (tertiary/aromatic N) is 5. The number of piperidine rings is 1. The Kier molecular flexibility index (Phi) is 4.84. The zero-order valence-electron chi connectivity index (χ0n) is 15.6. The van der Waals surface area contributed by atoms with Gasteiger partial charge < -0.3 is 14.3 Å². The lowest BCUT2D eigenvalue weighted by Crippen LogP contribution is -2.59. The monoisotopic (exact) mass is 375 g/mol. The molecule has 0 radical (unpaired) electrons. The van der Waals surface area contributed by atoms with Crippen LogP contribution in [0.2, 0.25) is 0 Å². The molecule has 4 rings (SSSR count). The number of carbonyl (C=O) groups is 3. The van der Waals surface area contributed by atoms with Crippen LogP contribution < -0.4 is 0 Å². The van der Waals surface area contributed by atoms with Crippen molar-refractivity contribution in [2.75, 3.05) is 32.7 Å². The summed E-state index contributed by atoms with van der Waals surface area (Å²) in [6, 6.07) is -0.363. The number of aromatic nitrogens is 2. The molecule has 2 aliphatic heterocycles. The smallest absolute Gasteiger partial charge is 0.327 e. The summed E-state index contributed by atoms with van der Waals surface area (Å²) in [5, 5.41) is 4.04. The molecule has 4 amide bonds. The molecule has 27 heavy (non-hydrogen) atoms. The third kappa shape index (κ3) is 3.68. The molecule has 1 atom stereocenters. The minimum atomic E-state index is -0.721. The van der Waals surface area contributed by atoms with E-state index in [9.17, 15) is 14.4 Å². The number of piperazine rings is 1. The van der Waals surface area contributed by atoms with Crippen LogP contribution in [0.3, 0.4) is 0 Å².